The molecule has 0 saturated carbocycles. The molecule has 2 aromatic rings. The summed E-state index contributed by atoms with van der Waals surface area (Å²) in [6.07, 6.45) is 0.296. The van der Waals surface area contributed by atoms with E-state index in [9.17, 15) is 5.11 Å². The largest absolute Gasteiger partial charge is 0.387 e. The van der Waals surface area contributed by atoms with Gasteiger partial charge >= 0.3 is 0 Å². The Balaban J connectivity index is 2.11. The van der Waals surface area contributed by atoms with E-state index in [-0.39, 0.29) is 0 Å². The fourth-order valence-electron chi connectivity index (χ4n) is 1.38. The van der Waals surface area contributed by atoms with Gasteiger partial charge in [-0.1, -0.05) is 23.7 Å². The first-order valence-electron chi connectivity index (χ1n) is 5.02. The summed E-state index contributed by atoms with van der Waals surface area (Å²) in [6.45, 7) is 1.72. The molecule has 0 radical (unpaired) electrons. The summed E-state index contributed by atoms with van der Waals surface area (Å²) in [4.78, 5) is 4.36. The van der Waals surface area contributed by atoms with E-state index >= 15 is 0 Å². The SMILES string of the molecule is CC(O)c1csc(Cc2ccc(Cl)cc2)n1. The Hall–Kier alpha value is -0.900. The van der Waals surface area contributed by atoms with Crippen molar-refractivity contribution in [3.8, 4) is 0 Å². The quantitative estimate of drug-likeness (QED) is 0.909. The fourth-order valence-corrected chi connectivity index (χ4v) is 2.42. The Bertz CT molecular complexity index is 464. The molecule has 84 valence electrons. The highest BCUT2D eigenvalue weighted by atomic mass is 35.5. The molecule has 0 fully saturated rings. The molecule has 0 aliphatic heterocycles. The lowest BCUT2D eigenvalue weighted by Crippen LogP contribution is -1.92. The number of aliphatic hydroxyl groups is 1. The van der Waals surface area contributed by atoms with E-state index < -0.39 is 6.10 Å². The standard InChI is InChI=1S/C12H12ClNOS/c1-8(15)11-7-16-12(14-11)6-9-2-4-10(13)5-3-9/h2-5,7-8,15H,6H2,1H3. The Labute approximate surface area is 104 Å². The van der Waals surface area contributed by atoms with Crippen LogP contribution in [0.1, 0.15) is 29.3 Å². The molecule has 1 atom stereocenters. The van der Waals surface area contributed by atoms with Crippen molar-refractivity contribution in [1.82, 2.24) is 4.98 Å². The number of aliphatic hydroxyl groups excluding tert-OH is 1. The Morgan fingerprint density at radius 3 is 2.62 bits per heavy atom. The number of thiazole rings is 1. The van der Waals surface area contributed by atoms with Crippen LogP contribution in [0.2, 0.25) is 5.02 Å². The molecule has 0 bridgehead atoms. The number of benzene rings is 1. The number of hydrogen-bond donors (Lipinski definition) is 1. The van der Waals surface area contributed by atoms with Crippen molar-refractivity contribution in [2.75, 3.05) is 0 Å². The fraction of sp³-hybridized carbons (Fsp3) is 0.250. The highest BCUT2D eigenvalue weighted by Gasteiger charge is 2.07. The van der Waals surface area contributed by atoms with E-state index in [4.69, 9.17) is 11.6 Å². The van der Waals surface area contributed by atoms with E-state index in [0.717, 1.165) is 22.1 Å². The van der Waals surface area contributed by atoms with Gasteiger partial charge in [0.2, 0.25) is 0 Å². The van der Waals surface area contributed by atoms with Gasteiger partial charge < -0.3 is 5.11 Å². The first-order chi connectivity index (χ1) is 7.65. The summed E-state index contributed by atoms with van der Waals surface area (Å²) in [6, 6.07) is 7.73. The van der Waals surface area contributed by atoms with Crippen LogP contribution in [-0.4, -0.2) is 10.1 Å². The summed E-state index contributed by atoms with van der Waals surface area (Å²) in [5.74, 6) is 0. The van der Waals surface area contributed by atoms with E-state index in [1.54, 1.807) is 18.3 Å². The maximum Gasteiger partial charge on any atom is 0.0973 e. The molecule has 0 aliphatic carbocycles. The molecule has 0 amide bonds. The molecule has 1 aromatic carbocycles. The van der Waals surface area contributed by atoms with E-state index in [0.29, 0.717) is 0 Å². The summed E-state index contributed by atoms with van der Waals surface area (Å²) in [7, 11) is 0. The van der Waals surface area contributed by atoms with Crippen LogP contribution in [0.25, 0.3) is 0 Å². The van der Waals surface area contributed by atoms with Crippen molar-refractivity contribution in [1.29, 1.82) is 0 Å². The normalized spacial score (nSPS) is 12.7. The maximum absolute atomic E-state index is 9.37. The third-order valence-corrected chi connectivity index (χ3v) is 3.39. The highest BCUT2D eigenvalue weighted by molar-refractivity contribution is 7.09. The number of halogens is 1. The van der Waals surface area contributed by atoms with Crippen LogP contribution in [0.5, 0.6) is 0 Å². The van der Waals surface area contributed by atoms with E-state index in [1.165, 1.54) is 5.56 Å². The lowest BCUT2D eigenvalue weighted by atomic mass is 10.2. The molecule has 4 heteroatoms. The second kappa shape index (κ2) is 4.95. The molecule has 1 heterocycles. The number of rotatable bonds is 3. The van der Waals surface area contributed by atoms with Crippen molar-refractivity contribution in [2.45, 2.75) is 19.4 Å². The van der Waals surface area contributed by atoms with Crippen LogP contribution in [0.15, 0.2) is 29.6 Å². The predicted molar refractivity (Wildman–Crippen MR) is 67.0 cm³/mol. The molecular weight excluding hydrogens is 242 g/mol. The Kier molecular flexibility index (Phi) is 3.59. The molecule has 0 aliphatic rings. The lowest BCUT2D eigenvalue weighted by molar-refractivity contribution is 0.195. The van der Waals surface area contributed by atoms with E-state index in [1.807, 2.05) is 29.6 Å². The number of aromatic nitrogens is 1. The monoisotopic (exact) mass is 253 g/mol. The molecule has 16 heavy (non-hydrogen) atoms. The summed E-state index contributed by atoms with van der Waals surface area (Å²) in [5.41, 5.74) is 1.92. The number of nitrogens with zero attached hydrogens (tertiary/aromatic N) is 1. The smallest absolute Gasteiger partial charge is 0.0973 e. The van der Waals surface area contributed by atoms with Gasteiger partial charge in [-0.25, -0.2) is 4.98 Å². The van der Waals surface area contributed by atoms with Crippen molar-refractivity contribution in [2.24, 2.45) is 0 Å². The first kappa shape index (κ1) is 11.6. The van der Waals surface area contributed by atoms with Crippen LogP contribution < -0.4 is 0 Å². The number of hydrogen-bond acceptors (Lipinski definition) is 3. The molecule has 1 unspecified atom stereocenters. The molecular formula is C12H12ClNOS. The van der Waals surface area contributed by atoms with Gasteiger partial charge in [-0.3, -0.25) is 0 Å². The molecule has 2 nitrogen and oxygen atoms in total. The maximum atomic E-state index is 9.37. The van der Waals surface area contributed by atoms with Crippen molar-refractivity contribution >= 4 is 22.9 Å². The van der Waals surface area contributed by atoms with Gasteiger partial charge in [0, 0.05) is 16.8 Å². The van der Waals surface area contributed by atoms with Gasteiger partial charge in [-0.15, -0.1) is 11.3 Å². The van der Waals surface area contributed by atoms with Crippen LogP contribution in [0.3, 0.4) is 0 Å². The molecule has 2 rings (SSSR count). The molecule has 0 saturated heterocycles. The first-order valence-corrected chi connectivity index (χ1v) is 6.28. The average molecular weight is 254 g/mol. The van der Waals surface area contributed by atoms with Gasteiger partial charge in [0.1, 0.15) is 0 Å². The minimum absolute atomic E-state index is 0.491. The van der Waals surface area contributed by atoms with Crippen molar-refractivity contribution < 1.29 is 5.11 Å². The van der Waals surface area contributed by atoms with Crippen LogP contribution >= 0.6 is 22.9 Å². The third-order valence-electron chi connectivity index (χ3n) is 2.27. The average Bonchev–Trinajstić information content (AvgIpc) is 2.70. The van der Waals surface area contributed by atoms with Gasteiger partial charge in [0.25, 0.3) is 0 Å². The van der Waals surface area contributed by atoms with E-state index in [2.05, 4.69) is 4.98 Å². The lowest BCUT2D eigenvalue weighted by Gasteiger charge is -1.99. The Morgan fingerprint density at radius 2 is 2.06 bits per heavy atom. The second-order valence-electron chi connectivity index (χ2n) is 3.65. The van der Waals surface area contributed by atoms with Gasteiger partial charge in [-0.05, 0) is 24.6 Å². The zero-order valence-corrected chi connectivity index (χ0v) is 10.4. The van der Waals surface area contributed by atoms with Crippen LogP contribution in [-0.2, 0) is 6.42 Å². The van der Waals surface area contributed by atoms with Gasteiger partial charge in [0.15, 0.2) is 0 Å². The Morgan fingerprint density at radius 1 is 1.38 bits per heavy atom. The minimum Gasteiger partial charge on any atom is -0.387 e. The zero-order valence-electron chi connectivity index (χ0n) is 8.85. The second-order valence-corrected chi connectivity index (χ2v) is 5.02. The summed E-state index contributed by atoms with van der Waals surface area (Å²) in [5, 5.41) is 13.0. The zero-order chi connectivity index (χ0) is 11.5. The molecule has 1 N–H and O–H groups in total. The van der Waals surface area contributed by atoms with Crippen molar-refractivity contribution in [3.63, 3.8) is 0 Å². The van der Waals surface area contributed by atoms with Gasteiger partial charge in [0.05, 0.1) is 16.8 Å². The third kappa shape index (κ3) is 2.82. The van der Waals surface area contributed by atoms with Gasteiger partial charge in [-0.2, -0.15) is 0 Å². The van der Waals surface area contributed by atoms with Crippen LogP contribution in [0, 0.1) is 0 Å². The topological polar surface area (TPSA) is 33.1 Å². The predicted octanol–water partition coefficient (Wildman–Crippen LogP) is 3.44. The molecule has 0 spiro atoms. The molecule has 1 aromatic heterocycles. The summed E-state index contributed by atoms with van der Waals surface area (Å²) >= 11 is 7.39. The van der Waals surface area contributed by atoms with Crippen LogP contribution in [0.4, 0.5) is 0 Å². The van der Waals surface area contributed by atoms with Crippen molar-refractivity contribution in [3.05, 3.63) is 50.9 Å². The highest BCUT2D eigenvalue weighted by Crippen LogP contribution is 2.19. The minimum atomic E-state index is -0.491. The summed E-state index contributed by atoms with van der Waals surface area (Å²) < 4.78 is 0.